The zero-order valence-corrected chi connectivity index (χ0v) is 33.2. The first kappa shape index (κ1) is 32.7. The Morgan fingerprint density at radius 1 is 0.544 bits per heavy atom. The molecule has 0 saturated carbocycles. The van der Waals surface area contributed by atoms with E-state index in [2.05, 4.69) is 177 Å². The molecule has 4 nitrogen and oxygen atoms in total. The number of nitrogens with zero attached hydrogens (tertiary/aromatic N) is 4. The van der Waals surface area contributed by atoms with Gasteiger partial charge in [-0.2, -0.15) is 9.97 Å². The van der Waals surface area contributed by atoms with Gasteiger partial charge < -0.3 is 0 Å². The Kier molecular flexibility index (Phi) is 6.90. The Labute approximate surface area is 337 Å². The standard InChI is InChI=1S/C51H34N4S2/c1-4-29(2)51(3)39-17-9-5-16-36(39)46-40(51)24-23-35-32-13-6-10-18-41(32)55(47(35)46)50-53-48(30-21-25-44-37(27-30)33-14-7-11-19-42(33)56-44)52-49(54-50)31-22-26-45-38(28-31)34-15-8-12-20-43(34)57-45/h4-28H,1-3H3/b29-4-. The van der Waals surface area contributed by atoms with Gasteiger partial charge in [-0.25, -0.2) is 4.98 Å². The quantitative estimate of drug-likeness (QED) is 0.168. The predicted molar refractivity (Wildman–Crippen MR) is 242 cm³/mol. The second-order valence-corrected chi connectivity index (χ2v) is 17.4. The monoisotopic (exact) mass is 766 g/mol. The first-order valence-corrected chi connectivity index (χ1v) is 21.0. The van der Waals surface area contributed by atoms with Crippen molar-refractivity contribution >= 4 is 84.8 Å². The summed E-state index contributed by atoms with van der Waals surface area (Å²) in [7, 11) is 0. The van der Waals surface area contributed by atoms with Gasteiger partial charge in [-0.1, -0.05) is 103 Å². The molecular weight excluding hydrogens is 733 g/mol. The van der Waals surface area contributed by atoms with Gasteiger partial charge in [0.1, 0.15) is 0 Å². The highest BCUT2D eigenvalue weighted by atomic mass is 32.1. The summed E-state index contributed by atoms with van der Waals surface area (Å²) in [6.45, 7) is 6.79. The maximum atomic E-state index is 5.45. The highest BCUT2D eigenvalue weighted by molar-refractivity contribution is 7.26. The predicted octanol–water partition coefficient (Wildman–Crippen LogP) is 14.3. The molecule has 57 heavy (non-hydrogen) atoms. The van der Waals surface area contributed by atoms with Crippen molar-refractivity contribution in [3.05, 3.63) is 168 Å². The fourth-order valence-corrected chi connectivity index (χ4v) is 11.6. The lowest BCUT2D eigenvalue weighted by molar-refractivity contribution is 0.692. The number of aromatic nitrogens is 4. The van der Waals surface area contributed by atoms with Gasteiger partial charge in [0.25, 0.3) is 0 Å². The van der Waals surface area contributed by atoms with Crippen molar-refractivity contribution in [1.29, 1.82) is 0 Å². The fraction of sp³-hybridized carbons (Fsp3) is 0.0784. The summed E-state index contributed by atoms with van der Waals surface area (Å²) in [5.74, 6) is 1.90. The van der Waals surface area contributed by atoms with Gasteiger partial charge >= 0.3 is 0 Å². The van der Waals surface area contributed by atoms with Crippen molar-refractivity contribution in [3.63, 3.8) is 0 Å². The fourth-order valence-electron chi connectivity index (χ4n) is 9.40. The topological polar surface area (TPSA) is 43.6 Å². The lowest BCUT2D eigenvalue weighted by atomic mass is 9.74. The van der Waals surface area contributed by atoms with Gasteiger partial charge in [0, 0.05) is 73.2 Å². The lowest BCUT2D eigenvalue weighted by Gasteiger charge is -2.28. The third-order valence-electron chi connectivity index (χ3n) is 12.4. The van der Waals surface area contributed by atoms with Gasteiger partial charge in [-0.05, 0) is 92.1 Å². The normalized spacial score (nSPS) is 15.5. The molecule has 0 saturated heterocycles. The number of benzene rings is 7. The molecule has 1 unspecified atom stereocenters. The number of hydrogen-bond donors (Lipinski definition) is 0. The van der Waals surface area contributed by atoms with Crippen molar-refractivity contribution in [2.75, 3.05) is 0 Å². The number of fused-ring (bicyclic) bond motifs is 13. The molecule has 270 valence electrons. The summed E-state index contributed by atoms with van der Waals surface area (Å²) in [6, 6.07) is 52.8. The Morgan fingerprint density at radius 2 is 1.11 bits per heavy atom. The summed E-state index contributed by atoms with van der Waals surface area (Å²) < 4.78 is 7.36. The Balaban J connectivity index is 1.19. The minimum absolute atomic E-state index is 0.275. The number of rotatable bonds is 4. The molecule has 1 aliphatic carbocycles. The molecule has 0 spiro atoms. The van der Waals surface area contributed by atoms with Crippen LogP contribution in [0.5, 0.6) is 0 Å². The molecule has 12 rings (SSSR count). The first-order chi connectivity index (χ1) is 28.0. The van der Waals surface area contributed by atoms with Crippen molar-refractivity contribution in [3.8, 4) is 39.9 Å². The Hall–Kier alpha value is -6.47. The molecule has 0 amide bonds. The second kappa shape index (κ2) is 12.0. The van der Waals surface area contributed by atoms with Crippen LogP contribution in [0.2, 0.25) is 0 Å². The van der Waals surface area contributed by atoms with Crippen LogP contribution in [0.25, 0.3) is 102 Å². The molecule has 1 aliphatic rings. The summed E-state index contributed by atoms with van der Waals surface area (Å²) in [5.41, 5.74) is 10.3. The van der Waals surface area contributed by atoms with Crippen molar-refractivity contribution in [2.24, 2.45) is 0 Å². The number of hydrogen-bond acceptors (Lipinski definition) is 5. The largest absolute Gasteiger partial charge is 0.277 e. The van der Waals surface area contributed by atoms with E-state index in [1.807, 2.05) is 22.7 Å². The van der Waals surface area contributed by atoms with Crippen molar-refractivity contribution in [1.82, 2.24) is 19.5 Å². The number of thiophene rings is 2. The van der Waals surface area contributed by atoms with Gasteiger partial charge in [-0.3, -0.25) is 4.57 Å². The summed E-state index contributed by atoms with van der Waals surface area (Å²) in [4.78, 5) is 16.2. The van der Waals surface area contributed by atoms with E-state index in [1.54, 1.807) is 0 Å². The van der Waals surface area contributed by atoms with Crippen molar-refractivity contribution in [2.45, 2.75) is 26.2 Å². The van der Waals surface area contributed by atoms with Crippen LogP contribution in [-0.2, 0) is 5.41 Å². The maximum Gasteiger partial charge on any atom is 0.238 e. The number of para-hydroxylation sites is 1. The Morgan fingerprint density at radius 3 is 1.75 bits per heavy atom. The molecule has 0 N–H and O–H groups in total. The minimum atomic E-state index is -0.275. The van der Waals surface area contributed by atoms with E-state index in [0.29, 0.717) is 17.6 Å². The molecule has 4 heterocycles. The average molecular weight is 767 g/mol. The van der Waals surface area contributed by atoms with E-state index in [0.717, 1.165) is 22.2 Å². The molecule has 1 atom stereocenters. The minimum Gasteiger partial charge on any atom is -0.277 e. The van der Waals surface area contributed by atoms with E-state index < -0.39 is 0 Å². The molecule has 7 aromatic carbocycles. The molecule has 0 fully saturated rings. The highest BCUT2D eigenvalue weighted by Gasteiger charge is 2.42. The SMILES string of the molecule is C/C=C(/C)C1(C)c2ccccc2-c2c1ccc1c3ccccc3n(-c3nc(-c4ccc5sc6ccccc6c5c4)nc(-c4ccc5sc6ccccc6c5c4)n3)c21. The first-order valence-electron chi connectivity index (χ1n) is 19.4. The summed E-state index contributed by atoms with van der Waals surface area (Å²) in [6.07, 6.45) is 2.26. The second-order valence-electron chi connectivity index (χ2n) is 15.3. The van der Waals surface area contributed by atoms with E-state index in [9.17, 15) is 0 Å². The van der Waals surface area contributed by atoms with Gasteiger partial charge in [-0.15, -0.1) is 22.7 Å². The summed E-state index contributed by atoms with van der Waals surface area (Å²) in [5, 5.41) is 7.28. The van der Waals surface area contributed by atoms with Crippen LogP contribution in [-0.4, -0.2) is 19.5 Å². The highest BCUT2D eigenvalue weighted by Crippen LogP contribution is 2.55. The molecule has 0 aliphatic heterocycles. The third kappa shape index (κ3) is 4.57. The number of allylic oxidation sites excluding steroid dienone is 2. The zero-order chi connectivity index (χ0) is 38.0. The van der Waals surface area contributed by atoms with E-state index in [1.165, 1.54) is 78.9 Å². The molecule has 4 aromatic heterocycles. The van der Waals surface area contributed by atoms with Crippen LogP contribution in [0, 0.1) is 0 Å². The third-order valence-corrected chi connectivity index (χ3v) is 14.7. The van der Waals surface area contributed by atoms with Crippen LogP contribution in [0.4, 0.5) is 0 Å². The van der Waals surface area contributed by atoms with Crippen LogP contribution >= 0.6 is 22.7 Å². The molecule has 6 heteroatoms. The van der Waals surface area contributed by atoms with Crippen LogP contribution < -0.4 is 0 Å². The Bertz CT molecular complexity index is 3400. The van der Waals surface area contributed by atoms with E-state index >= 15 is 0 Å². The van der Waals surface area contributed by atoms with Gasteiger partial charge in [0.15, 0.2) is 11.6 Å². The smallest absolute Gasteiger partial charge is 0.238 e. The van der Waals surface area contributed by atoms with E-state index in [-0.39, 0.29) is 5.41 Å². The van der Waals surface area contributed by atoms with Gasteiger partial charge in [0.05, 0.1) is 11.0 Å². The van der Waals surface area contributed by atoms with Crippen molar-refractivity contribution < 1.29 is 0 Å². The van der Waals surface area contributed by atoms with Crippen LogP contribution in [0.1, 0.15) is 31.9 Å². The van der Waals surface area contributed by atoms with Crippen LogP contribution in [0.15, 0.2) is 157 Å². The average Bonchev–Trinajstić information content (AvgIpc) is 4.00. The zero-order valence-electron chi connectivity index (χ0n) is 31.5. The molecular formula is C51H34N4S2. The lowest BCUT2D eigenvalue weighted by Crippen LogP contribution is -2.22. The van der Waals surface area contributed by atoms with Gasteiger partial charge in [0.2, 0.25) is 5.95 Å². The molecule has 0 radical (unpaired) electrons. The molecule has 11 aromatic rings. The summed E-state index contributed by atoms with van der Waals surface area (Å²) >= 11 is 3.64. The van der Waals surface area contributed by atoms with Crippen LogP contribution in [0.3, 0.4) is 0 Å². The molecule has 0 bridgehead atoms. The van der Waals surface area contributed by atoms with E-state index in [4.69, 9.17) is 15.0 Å². The maximum absolute atomic E-state index is 5.45.